The van der Waals surface area contributed by atoms with Crippen LogP contribution in [0.3, 0.4) is 0 Å². The Labute approximate surface area is 87.9 Å². The first-order valence-electron chi connectivity index (χ1n) is 3.62. The van der Waals surface area contributed by atoms with Crippen molar-refractivity contribution in [2.45, 2.75) is 0 Å². The van der Waals surface area contributed by atoms with Crippen LogP contribution in [-0.4, -0.2) is 16.2 Å². The number of carbonyl (C=O) groups is 1. The summed E-state index contributed by atoms with van der Waals surface area (Å²) in [5, 5.41) is 17.5. The van der Waals surface area contributed by atoms with Gasteiger partial charge in [0, 0.05) is 6.07 Å². The van der Waals surface area contributed by atoms with Crippen molar-refractivity contribution >= 4 is 21.7 Å². The second-order valence-electron chi connectivity index (χ2n) is 2.52. The van der Waals surface area contributed by atoms with Gasteiger partial charge in [-0.15, -0.1) is 0 Å². The van der Waals surface area contributed by atoms with E-state index in [-0.39, 0.29) is 22.2 Å². The molecule has 0 saturated heterocycles. The second-order valence-corrected chi connectivity index (χ2v) is 3.08. The summed E-state index contributed by atoms with van der Waals surface area (Å²) in [5.41, 5.74) is -0.450. The van der Waals surface area contributed by atoms with Crippen molar-refractivity contribution in [3.63, 3.8) is 0 Å². The third kappa shape index (κ3) is 1.91. The Balaban J connectivity index is 3.42. The number of alkyl halides is 1. The summed E-state index contributed by atoms with van der Waals surface area (Å²) in [6.45, 7) is 0. The first-order valence-corrected chi connectivity index (χ1v) is 4.74. The lowest BCUT2D eigenvalue weighted by atomic mass is 10.0. The van der Waals surface area contributed by atoms with Crippen LogP contribution >= 0.6 is 15.9 Å². The van der Waals surface area contributed by atoms with Gasteiger partial charge >= 0.3 is 0 Å². The van der Waals surface area contributed by atoms with E-state index < -0.39 is 11.6 Å². The molecule has 3 nitrogen and oxygen atoms in total. The Kier molecular flexibility index (Phi) is 3.20. The van der Waals surface area contributed by atoms with Crippen LogP contribution in [0.2, 0.25) is 0 Å². The third-order valence-electron chi connectivity index (χ3n) is 1.60. The number of halogens is 2. The van der Waals surface area contributed by atoms with E-state index in [9.17, 15) is 9.18 Å². The maximum atomic E-state index is 13.2. The molecule has 1 aromatic carbocycles. The largest absolute Gasteiger partial charge is 0.508 e. The average molecular weight is 258 g/mol. The molecule has 0 radical (unpaired) electrons. The number of rotatable bonds is 2. The predicted molar refractivity (Wildman–Crippen MR) is 50.9 cm³/mol. The highest BCUT2D eigenvalue weighted by Crippen LogP contribution is 2.21. The highest BCUT2D eigenvalue weighted by Gasteiger charge is 2.16. The molecule has 0 spiro atoms. The van der Waals surface area contributed by atoms with Crippen LogP contribution < -0.4 is 0 Å². The molecule has 5 heteroatoms. The standard InChI is InChI=1S/C9H5BrFNO2/c10-3-8(14)9-5(4-12)1-6(13)2-7(9)11/h1-2,13H,3H2. The van der Waals surface area contributed by atoms with E-state index >= 15 is 0 Å². The average Bonchev–Trinajstić information content (AvgIpc) is 2.15. The summed E-state index contributed by atoms with van der Waals surface area (Å²) < 4.78 is 13.2. The minimum atomic E-state index is -0.883. The van der Waals surface area contributed by atoms with Crippen LogP contribution in [0, 0.1) is 17.1 Å². The fourth-order valence-electron chi connectivity index (χ4n) is 1.03. The molecule has 0 fully saturated rings. The zero-order valence-corrected chi connectivity index (χ0v) is 8.51. The third-order valence-corrected chi connectivity index (χ3v) is 2.10. The Morgan fingerprint density at radius 1 is 1.64 bits per heavy atom. The SMILES string of the molecule is N#Cc1cc(O)cc(F)c1C(=O)CBr. The predicted octanol–water partition coefficient (Wildman–Crippen LogP) is 1.98. The molecule has 0 aliphatic rings. The van der Waals surface area contributed by atoms with Crippen molar-refractivity contribution in [1.29, 1.82) is 5.26 Å². The molecule has 0 saturated carbocycles. The van der Waals surface area contributed by atoms with Crippen LogP contribution in [0.1, 0.15) is 15.9 Å². The number of hydrogen-bond donors (Lipinski definition) is 1. The van der Waals surface area contributed by atoms with Gasteiger partial charge in [0.05, 0.1) is 16.5 Å². The number of aromatic hydroxyl groups is 1. The molecule has 0 aromatic heterocycles. The molecule has 0 aliphatic heterocycles. The summed E-state index contributed by atoms with van der Waals surface area (Å²) in [6, 6.07) is 3.51. The minimum Gasteiger partial charge on any atom is -0.508 e. The van der Waals surface area contributed by atoms with Crippen molar-refractivity contribution in [3.05, 3.63) is 29.1 Å². The fraction of sp³-hybridized carbons (Fsp3) is 0.111. The van der Waals surface area contributed by atoms with Gasteiger partial charge in [0.1, 0.15) is 17.6 Å². The first kappa shape index (κ1) is 10.7. The summed E-state index contributed by atoms with van der Waals surface area (Å²) in [4.78, 5) is 11.2. The number of hydrogen-bond acceptors (Lipinski definition) is 3. The van der Waals surface area contributed by atoms with E-state index in [2.05, 4.69) is 15.9 Å². The van der Waals surface area contributed by atoms with Gasteiger partial charge in [0.2, 0.25) is 0 Å². The lowest BCUT2D eigenvalue weighted by Gasteiger charge is -2.02. The van der Waals surface area contributed by atoms with Crippen molar-refractivity contribution in [2.75, 3.05) is 5.33 Å². The molecule has 0 atom stereocenters. The molecule has 0 amide bonds. The Morgan fingerprint density at radius 3 is 2.79 bits per heavy atom. The number of Topliss-reactive ketones (excluding diaryl/α,β-unsaturated/α-hetero) is 1. The van der Waals surface area contributed by atoms with Crippen molar-refractivity contribution in [2.24, 2.45) is 0 Å². The quantitative estimate of drug-likeness (QED) is 0.651. The number of ketones is 1. The van der Waals surface area contributed by atoms with Crippen molar-refractivity contribution < 1.29 is 14.3 Å². The number of benzene rings is 1. The summed E-state index contributed by atoms with van der Waals surface area (Å²) in [5.74, 6) is -1.78. The second kappa shape index (κ2) is 4.20. The Bertz CT molecular complexity index is 426. The zero-order chi connectivity index (χ0) is 10.7. The Morgan fingerprint density at radius 2 is 2.29 bits per heavy atom. The normalized spacial score (nSPS) is 9.50. The van der Waals surface area contributed by atoms with Crippen molar-refractivity contribution in [3.8, 4) is 11.8 Å². The minimum absolute atomic E-state index is 0.0661. The lowest BCUT2D eigenvalue weighted by molar-refractivity contribution is 0.101. The van der Waals surface area contributed by atoms with Gasteiger partial charge in [-0.2, -0.15) is 5.26 Å². The number of nitriles is 1. The fourth-order valence-corrected chi connectivity index (χ4v) is 1.31. The molecular formula is C9H5BrFNO2. The van der Waals surface area contributed by atoms with Gasteiger partial charge in [0.25, 0.3) is 0 Å². The molecule has 1 aromatic rings. The summed E-state index contributed by atoms with van der Waals surface area (Å²) in [6.07, 6.45) is 0. The molecule has 14 heavy (non-hydrogen) atoms. The first-order chi connectivity index (χ1) is 6.60. The number of carbonyl (C=O) groups excluding carboxylic acids is 1. The van der Waals surface area contributed by atoms with Gasteiger partial charge in [-0.1, -0.05) is 15.9 Å². The molecule has 0 heterocycles. The van der Waals surface area contributed by atoms with E-state index in [0.717, 1.165) is 12.1 Å². The maximum absolute atomic E-state index is 13.2. The van der Waals surface area contributed by atoms with Gasteiger partial charge in [-0.3, -0.25) is 4.79 Å². The molecule has 1 rings (SSSR count). The zero-order valence-electron chi connectivity index (χ0n) is 6.92. The number of phenolic OH excluding ortho intramolecular Hbond substituents is 1. The summed E-state index contributed by atoms with van der Waals surface area (Å²) in [7, 11) is 0. The van der Waals surface area contributed by atoms with Crippen LogP contribution in [0.25, 0.3) is 0 Å². The van der Waals surface area contributed by atoms with E-state index in [4.69, 9.17) is 10.4 Å². The monoisotopic (exact) mass is 257 g/mol. The van der Waals surface area contributed by atoms with Gasteiger partial charge in [0.15, 0.2) is 5.78 Å². The van der Waals surface area contributed by atoms with Gasteiger partial charge in [-0.25, -0.2) is 4.39 Å². The smallest absolute Gasteiger partial charge is 0.177 e. The van der Waals surface area contributed by atoms with Gasteiger partial charge in [-0.05, 0) is 6.07 Å². The van der Waals surface area contributed by atoms with Crippen molar-refractivity contribution in [1.82, 2.24) is 0 Å². The van der Waals surface area contributed by atoms with Gasteiger partial charge < -0.3 is 5.11 Å². The lowest BCUT2D eigenvalue weighted by Crippen LogP contribution is -2.06. The van der Waals surface area contributed by atoms with E-state index in [1.807, 2.05) is 0 Å². The van der Waals surface area contributed by atoms with Crippen LogP contribution in [0.4, 0.5) is 4.39 Å². The molecule has 0 unspecified atom stereocenters. The van der Waals surface area contributed by atoms with Crippen LogP contribution in [0.15, 0.2) is 12.1 Å². The van der Waals surface area contributed by atoms with E-state index in [1.165, 1.54) is 0 Å². The Hall–Kier alpha value is -1.41. The van der Waals surface area contributed by atoms with E-state index in [0.29, 0.717) is 0 Å². The maximum Gasteiger partial charge on any atom is 0.177 e. The molecule has 0 bridgehead atoms. The number of nitrogens with zero attached hydrogens (tertiary/aromatic N) is 1. The molecule has 0 aliphatic carbocycles. The van der Waals surface area contributed by atoms with E-state index in [1.54, 1.807) is 6.07 Å². The van der Waals surface area contributed by atoms with Crippen LogP contribution in [-0.2, 0) is 0 Å². The molecule has 72 valence electrons. The molecular weight excluding hydrogens is 253 g/mol. The topological polar surface area (TPSA) is 61.1 Å². The summed E-state index contributed by atoms with van der Waals surface area (Å²) >= 11 is 2.88. The van der Waals surface area contributed by atoms with Crippen LogP contribution in [0.5, 0.6) is 5.75 Å². The molecule has 1 N–H and O–H groups in total. The highest BCUT2D eigenvalue weighted by atomic mass is 79.9. The number of phenols is 1. The highest BCUT2D eigenvalue weighted by molar-refractivity contribution is 9.09.